The number of nitrogens with zero attached hydrogens (tertiary/aromatic N) is 1. The van der Waals surface area contributed by atoms with Gasteiger partial charge in [0.05, 0.1) is 6.54 Å². The van der Waals surface area contributed by atoms with E-state index in [4.69, 9.17) is 0 Å². The summed E-state index contributed by atoms with van der Waals surface area (Å²) >= 11 is 0. The summed E-state index contributed by atoms with van der Waals surface area (Å²) in [7, 11) is 1.77. The molecule has 0 saturated carbocycles. The first-order chi connectivity index (χ1) is 10.6. The predicted octanol–water partition coefficient (Wildman–Crippen LogP) is 1.30. The van der Waals surface area contributed by atoms with Gasteiger partial charge >= 0.3 is 0 Å². The lowest BCUT2D eigenvalue weighted by molar-refractivity contribution is 0.0723. The molecule has 2 heterocycles. The first-order valence-electron chi connectivity index (χ1n) is 7.32. The van der Waals surface area contributed by atoms with Gasteiger partial charge in [-0.1, -0.05) is 18.2 Å². The third-order valence-electron chi connectivity index (χ3n) is 4.05. The molecule has 2 atom stereocenters. The molecular formula is C16H18FN3O2. The number of pyridine rings is 1. The monoisotopic (exact) mass is 303 g/mol. The Hall–Kier alpha value is -2.21. The van der Waals surface area contributed by atoms with E-state index in [0.717, 1.165) is 0 Å². The Labute approximate surface area is 127 Å². The maximum absolute atomic E-state index is 13.7. The van der Waals surface area contributed by atoms with Crippen LogP contribution < -0.4 is 10.9 Å². The molecule has 6 heteroatoms. The van der Waals surface area contributed by atoms with Gasteiger partial charge < -0.3 is 15.2 Å². The van der Waals surface area contributed by atoms with Crippen LogP contribution in [0, 0.1) is 0 Å². The lowest BCUT2D eigenvalue weighted by Gasteiger charge is -2.24. The van der Waals surface area contributed by atoms with Crippen molar-refractivity contribution in [3.05, 3.63) is 46.4 Å². The van der Waals surface area contributed by atoms with Gasteiger partial charge in [0.1, 0.15) is 11.9 Å². The highest BCUT2D eigenvalue weighted by Gasteiger charge is 2.35. The summed E-state index contributed by atoms with van der Waals surface area (Å²) in [5.41, 5.74) is -0.0958. The predicted molar refractivity (Wildman–Crippen MR) is 82.8 cm³/mol. The number of aromatic amines is 1. The van der Waals surface area contributed by atoms with Gasteiger partial charge in [0.15, 0.2) is 0 Å². The van der Waals surface area contributed by atoms with E-state index in [-0.39, 0.29) is 29.7 Å². The molecule has 1 fully saturated rings. The van der Waals surface area contributed by atoms with Gasteiger partial charge in [-0.15, -0.1) is 0 Å². The van der Waals surface area contributed by atoms with Crippen molar-refractivity contribution < 1.29 is 9.18 Å². The lowest BCUT2D eigenvalue weighted by atomic mass is 10.1. The van der Waals surface area contributed by atoms with Crippen LogP contribution in [0.25, 0.3) is 10.8 Å². The van der Waals surface area contributed by atoms with E-state index in [1.165, 1.54) is 4.90 Å². The number of benzene rings is 1. The summed E-state index contributed by atoms with van der Waals surface area (Å²) < 4.78 is 13.7. The number of amides is 1. The van der Waals surface area contributed by atoms with Crippen LogP contribution in [0.5, 0.6) is 0 Å². The number of rotatable bonds is 3. The number of halogens is 1. The minimum atomic E-state index is -1.02. The molecular weight excluding hydrogens is 285 g/mol. The Bertz CT molecular complexity index is 758. The number of aromatic nitrogens is 1. The molecule has 0 radical (unpaired) electrons. The summed E-state index contributed by atoms with van der Waals surface area (Å²) in [5.74, 6) is -0.330. The highest BCUT2D eigenvalue weighted by molar-refractivity contribution is 5.96. The maximum atomic E-state index is 13.7. The van der Waals surface area contributed by atoms with E-state index < -0.39 is 6.17 Å². The van der Waals surface area contributed by atoms with Crippen LogP contribution >= 0.6 is 0 Å². The van der Waals surface area contributed by atoms with Crippen LogP contribution in [0.15, 0.2) is 35.1 Å². The molecule has 1 aliphatic rings. The molecule has 116 valence electrons. The Morgan fingerprint density at radius 3 is 3.00 bits per heavy atom. The minimum absolute atomic E-state index is 0.0695. The molecule has 3 rings (SSSR count). The Kier molecular flexibility index (Phi) is 3.94. The van der Waals surface area contributed by atoms with E-state index in [2.05, 4.69) is 10.3 Å². The van der Waals surface area contributed by atoms with Gasteiger partial charge in [-0.2, -0.15) is 0 Å². The fourth-order valence-electron chi connectivity index (χ4n) is 3.02. The van der Waals surface area contributed by atoms with E-state index in [9.17, 15) is 14.0 Å². The smallest absolute Gasteiger partial charge is 0.270 e. The van der Waals surface area contributed by atoms with Gasteiger partial charge in [0.25, 0.3) is 11.5 Å². The molecule has 5 nitrogen and oxygen atoms in total. The number of nitrogens with one attached hydrogen (secondary N) is 2. The Balaban J connectivity index is 1.96. The van der Waals surface area contributed by atoms with E-state index in [1.807, 2.05) is 6.07 Å². The molecule has 0 aliphatic carbocycles. The molecule has 1 aromatic heterocycles. The number of alkyl halides is 1. The molecule has 0 bridgehead atoms. The summed E-state index contributed by atoms with van der Waals surface area (Å²) in [5, 5.41) is 4.22. The van der Waals surface area contributed by atoms with E-state index in [0.29, 0.717) is 23.7 Å². The number of carbonyl (C=O) groups is 1. The zero-order valence-corrected chi connectivity index (χ0v) is 12.3. The fraction of sp³-hybridized carbons (Fsp3) is 0.375. The Morgan fingerprint density at radius 1 is 1.45 bits per heavy atom. The molecule has 2 N–H and O–H groups in total. The number of hydrogen-bond donors (Lipinski definition) is 2. The molecule has 1 aromatic carbocycles. The largest absolute Gasteiger partial charge is 0.330 e. The van der Waals surface area contributed by atoms with Crippen molar-refractivity contribution in [2.24, 2.45) is 0 Å². The minimum Gasteiger partial charge on any atom is -0.330 e. The highest BCUT2D eigenvalue weighted by Crippen LogP contribution is 2.22. The molecule has 1 aliphatic heterocycles. The van der Waals surface area contributed by atoms with Crippen molar-refractivity contribution in [3.8, 4) is 0 Å². The van der Waals surface area contributed by atoms with Gasteiger partial charge in [-0.05, 0) is 24.6 Å². The SMILES string of the molecule is CNC[C@@H]1C[C@H](F)CN1C(=O)c1cc2ccccc2c(=O)[nH]1. The van der Waals surface area contributed by atoms with Crippen LogP contribution in [-0.2, 0) is 0 Å². The van der Waals surface area contributed by atoms with Crippen LogP contribution in [0.3, 0.4) is 0 Å². The van der Waals surface area contributed by atoms with Crippen LogP contribution in [-0.4, -0.2) is 48.1 Å². The lowest BCUT2D eigenvalue weighted by Crippen LogP contribution is -2.41. The molecule has 0 spiro atoms. The summed E-state index contributed by atoms with van der Waals surface area (Å²) in [6.45, 7) is 0.601. The highest BCUT2D eigenvalue weighted by atomic mass is 19.1. The number of likely N-dealkylation sites (tertiary alicyclic amines) is 1. The Morgan fingerprint density at radius 2 is 2.23 bits per heavy atom. The molecule has 22 heavy (non-hydrogen) atoms. The third kappa shape index (κ3) is 2.62. The van der Waals surface area contributed by atoms with Crippen LogP contribution in [0.4, 0.5) is 4.39 Å². The van der Waals surface area contributed by atoms with Crippen molar-refractivity contribution in [2.75, 3.05) is 20.1 Å². The van der Waals surface area contributed by atoms with Gasteiger partial charge in [-0.25, -0.2) is 4.39 Å². The van der Waals surface area contributed by atoms with Crippen LogP contribution in [0.1, 0.15) is 16.9 Å². The number of carbonyl (C=O) groups excluding carboxylic acids is 1. The van der Waals surface area contributed by atoms with E-state index in [1.54, 1.807) is 31.3 Å². The van der Waals surface area contributed by atoms with E-state index >= 15 is 0 Å². The van der Waals surface area contributed by atoms with Crippen molar-refractivity contribution in [3.63, 3.8) is 0 Å². The second kappa shape index (κ2) is 5.88. The maximum Gasteiger partial charge on any atom is 0.270 e. The number of fused-ring (bicyclic) bond motifs is 1. The summed E-state index contributed by atoms with van der Waals surface area (Å²) in [4.78, 5) is 28.8. The van der Waals surface area contributed by atoms with Crippen molar-refractivity contribution in [2.45, 2.75) is 18.6 Å². The standard InChI is InChI=1S/C16H18FN3O2/c1-18-8-12-7-11(17)9-20(12)16(22)14-6-10-4-2-3-5-13(10)15(21)19-14/h2-6,11-12,18H,7-9H2,1H3,(H,19,21)/t11-,12-/m0/s1. The zero-order valence-electron chi connectivity index (χ0n) is 12.3. The average molecular weight is 303 g/mol. The second-order valence-corrected chi connectivity index (χ2v) is 5.60. The summed E-state index contributed by atoms with van der Waals surface area (Å²) in [6, 6.07) is 8.54. The molecule has 1 amide bonds. The van der Waals surface area contributed by atoms with Crippen molar-refractivity contribution in [1.29, 1.82) is 0 Å². The topological polar surface area (TPSA) is 65.2 Å². The first-order valence-corrected chi connectivity index (χ1v) is 7.32. The first kappa shape index (κ1) is 14.7. The quantitative estimate of drug-likeness (QED) is 0.898. The van der Waals surface area contributed by atoms with Crippen molar-refractivity contribution >= 4 is 16.7 Å². The number of H-pyrrole nitrogens is 1. The summed E-state index contributed by atoms with van der Waals surface area (Å²) in [6.07, 6.45) is -0.695. The van der Waals surface area contributed by atoms with Gasteiger partial charge in [0, 0.05) is 24.4 Å². The van der Waals surface area contributed by atoms with Crippen molar-refractivity contribution in [1.82, 2.24) is 15.2 Å². The van der Waals surface area contributed by atoms with Crippen LogP contribution in [0.2, 0.25) is 0 Å². The average Bonchev–Trinajstić information content (AvgIpc) is 2.87. The molecule has 2 aromatic rings. The fourth-order valence-corrected chi connectivity index (χ4v) is 3.02. The zero-order chi connectivity index (χ0) is 15.7. The second-order valence-electron chi connectivity index (χ2n) is 5.60. The van der Waals surface area contributed by atoms with Gasteiger partial charge in [-0.3, -0.25) is 9.59 Å². The number of likely N-dealkylation sites (N-methyl/N-ethyl adjacent to an activating group) is 1. The molecule has 0 unspecified atom stereocenters. The number of hydrogen-bond acceptors (Lipinski definition) is 3. The normalized spacial score (nSPS) is 21.5. The third-order valence-corrected chi connectivity index (χ3v) is 4.05. The van der Waals surface area contributed by atoms with Gasteiger partial charge in [0.2, 0.25) is 0 Å². The molecule has 1 saturated heterocycles.